The topological polar surface area (TPSA) is 35.5 Å². The number of alkyl halides is 1. The molecule has 1 saturated heterocycles. The molecule has 1 rings (SSSR count). The quantitative estimate of drug-likeness (QED) is 0.553. The van der Waals surface area contributed by atoms with E-state index in [9.17, 15) is 4.79 Å². The van der Waals surface area contributed by atoms with Crippen LogP contribution in [0.15, 0.2) is 0 Å². The third-order valence-corrected chi connectivity index (χ3v) is 3.12. The van der Waals surface area contributed by atoms with Gasteiger partial charge in [0.15, 0.2) is 0 Å². The summed E-state index contributed by atoms with van der Waals surface area (Å²) in [6.07, 6.45) is 1.79. The third kappa shape index (κ3) is 3.08. The Morgan fingerprint density at radius 2 is 2.20 bits per heavy atom. The van der Waals surface area contributed by atoms with E-state index in [4.69, 9.17) is 21.1 Å². The van der Waals surface area contributed by atoms with Gasteiger partial charge in [0.1, 0.15) is 6.10 Å². The van der Waals surface area contributed by atoms with Crippen LogP contribution in [0.5, 0.6) is 0 Å². The number of hydrogen-bond acceptors (Lipinski definition) is 3. The van der Waals surface area contributed by atoms with Crippen LogP contribution in [0.1, 0.15) is 33.6 Å². The van der Waals surface area contributed by atoms with Crippen molar-refractivity contribution >= 4 is 17.6 Å². The zero-order chi connectivity index (χ0) is 11.4. The molecule has 0 aromatic heterocycles. The lowest BCUT2D eigenvalue weighted by Crippen LogP contribution is -2.31. The summed E-state index contributed by atoms with van der Waals surface area (Å²) in [5.41, 5.74) is 0. The highest BCUT2D eigenvalue weighted by Gasteiger charge is 2.42. The average Bonchev–Trinajstić information content (AvgIpc) is 2.45. The molecule has 15 heavy (non-hydrogen) atoms. The van der Waals surface area contributed by atoms with Crippen LogP contribution in [-0.2, 0) is 14.3 Å². The minimum atomic E-state index is -0.244. The van der Waals surface area contributed by atoms with Gasteiger partial charge >= 0.3 is 5.97 Å². The molecule has 0 aromatic rings. The van der Waals surface area contributed by atoms with Crippen LogP contribution >= 0.6 is 11.6 Å². The molecule has 4 atom stereocenters. The molecule has 88 valence electrons. The summed E-state index contributed by atoms with van der Waals surface area (Å²) >= 11 is 5.76. The van der Waals surface area contributed by atoms with E-state index in [0.717, 1.165) is 12.8 Å². The van der Waals surface area contributed by atoms with Gasteiger partial charge in [0.25, 0.3) is 0 Å². The smallest absolute Gasteiger partial charge is 0.303 e. The van der Waals surface area contributed by atoms with Crippen molar-refractivity contribution in [2.75, 3.05) is 5.88 Å². The molecule has 0 bridgehead atoms. The molecule has 0 amide bonds. The largest absolute Gasteiger partial charge is 0.459 e. The summed E-state index contributed by atoms with van der Waals surface area (Å²) in [5.74, 6) is 0.577. The third-order valence-electron chi connectivity index (χ3n) is 2.90. The predicted molar refractivity (Wildman–Crippen MR) is 59.0 cm³/mol. The molecule has 3 nitrogen and oxygen atoms in total. The van der Waals surface area contributed by atoms with Crippen LogP contribution in [-0.4, -0.2) is 30.2 Å². The number of esters is 1. The molecule has 0 radical (unpaired) electrons. The van der Waals surface area contributed by atoms with Gasteiger partial charge in [0.2, 0.25) is 0 Å². The minimum Gasteiger partial charge on any atom is -0.459 e. The lowest BCUT2D eigenvalue weighted by molar-refractivity contribution is -0.150. The van der Waals surface area contributed by atoms with Crippen molar-refractivity contribution in [2.24, 2.45) is 5.92 Å². The molecule has 0 spiro atoms. The van der Waals surface area contributed by atoms with E-state index in [1.807, 2.05) is 6.92 Å². The Hall–Kier alpha value is -0.280. The predicted octanol–water partition coefficient (Wildman–Crippen LogP) is 2.36. The molecular formula is C11H19ClO3. The molecule has 1 aliphatic rings. The number of hydrogen-bond donors (Lipinski definition) is 0. The summed E-state index contributed by atoms with van der Waals surface area (Å²) in [6, 6.07) is 0. The number of halogens is 1. The highest BCUT2D eigenvalue weighted by Crippen LogP contribution is 2.33. The first-order valence-electron chi connectivity index (χ1n) is 5.48. The van der Waals surface area contributed by atoms with E-state index < -0.39 is 0 Å². The summed E-state index contributed by atoms with van der Waals surface area (Å²) in [6.45, 7) is 5.46. The van der Waals surface area contributed by atoms with Crippen molar-refractivity contribution in [1.29, 1.82) is 0 Å². The molecule has 1 heterocycles. The second-order valence-corrected chi connectivity index (χ2v) is 4.38. The minimum absolute atomic E-state index is 0.0212. The Labute approximate surface area is 96.1 Å². The fraction of sp³-hybridized carbons (Fsp3) is 0.909. The normalized spacial score (nSPS) is 35.5. The molecule has 0 saturated carbocycles. The van der Waals surface area contributed by atoms with Crippen molar-refractivity contribution in [3.63, 3.8) is 0 Å². The molecule has 1 aliphatic heterocycles. The molecular weight excluding hydrogens is 216 g/mol. The first kappa shape index (κ1) is 12.8. The Kier molecular flexibility index (Phi) is 4.87. The number of carbonyl (C=O) groups excluding carboxylic acids is 1. The fourth-order valence-corrected chi connectivity index (χ4v) is 2.52. The van der Waals surface area contributed by atoms with Gasteiger partial charge in [-0.3, -0.25) is 4.79 Å². The maximum atomic E-state index is 11.0. The van der Waals surface area contributed by atoms with Crippen molar-refractivity contribution in [2.45, 2.75) is 51.9 Å². The fourth-order valence-electron chi connectivity index (χ4n) is 2.26. The first-order chi connectivity index (χ1) is 7.10. The van der Waals surface area contributed by atoms with Gasteiger partial charge in [-0.1, -0.05) is 6.92 Å². The number of ether oxygens (including phenoxy) is 2. The van der Waals surface area contributed by atoms with Crippen LogP contribution in [0.25, 0.3) is 0 Å². The zero-order valence-corrected chi connectivity index (χ0v) is 10.3. The first-order valence-corrected chi connectivity index (χ1v) is 6.02. The molecule has 0 N–H and O–H groups in total. The summed E-state index contributed by atoms with van der Waals surface area (Å²) in [5, 5.41) is 0. The van der Waals surface area contributed by atoms with Gasteiger partial charge < -0.3 is 9.47 Å². The van der Waals surface area contributed by atoms with E-state index in [2.05, 4.69) is 6.92 Å². The Morgan fingerprint density at radius 1 is 1.53 bits per heavy atom. The van der Waals surface area contributed by atoms with Crippen LogP contribution in [0.2, 0.25) is 0 Å². The standard InChI is InChI=1S/C11H19ClO3/c1-4-10-9(5-6-12)11(7(2)14-10)15-8(3)13/h7,9-11H,4-6H2,1-3H3/t7-,9-,10+,11?/m0/s1. The van der Waals surface area contributed by atoms with E-state index in [-0.39, 0.29) is 30.2 Å². The van der Waals surface area contributed by atoms with Crippen LogP contribution in [0, 0.1) is 5.92 Å². The summed E-state index contributed by atoms with van der Waals surface area (Å²) in [7, 11) is 0. The van der Waals surface area contributed by atoms with Crippen LogP contribution in [0.3, 0.4) is 0 Å². The molecule has 1 unspecified atom stereocenters. The summed E-state index contributed by atoms with van der Waals surface area (Å²) in [4.78, 5) is 11.0. The van der Waals surface area contributed by atoms with Crippen LogP contribution in [0.4, 0.5) is 0 Å². The van der Waals surface area contributed by atoms with Gasteiger partial charge in [0.05, 0.1) is 12.2 Å². The monoisotopic (exact) mass is 234 g/mol. The van der Waals surface area contributed by atoms with E-state index >= 15 is 0 Å². The lowest BCUT2D eigenvalue weighted by Gasteiger charge is -2.21. The SMILES string of the molecule is CC[C@H]1O[C@@H](C)C(OC(C)=O)[C@H]1CCCl. The van der Waals surface area contributed by atoms with Crippen molar-refractivity contribution in [1.82, 2.24) is 0 Å². The Morgan fingerprint density at radius 3 is 2.67 bits per heavy atom. The highest BCUT2D eigenvalue weighted by molar-refractivity contribution is 6.17. The maximum Gasteiger partial charge on any atom is 0.303 e. The van der Waals surface area contributed by atoms with Gasteiger partial charge in [0, 0.05) is 18.7 Å². The lowest BCUT2D eigenvalue weighted by atomic mass is 9.92. The molecule has 1 fully saturated rings. The second kappa shape index (κ2) is 5.71. The van der Waals surface area contributed by atoms with Gasteiger partial charge in [-0.15, -0.1) is 11.6 Å². The summed E-state index contributed by atoms with van der Waals surface area (Å²) < 4.78 is 11.1. The van der Waals surface area contributed by atoms with Gasteiger partial charge in [-0.2, -0.15) is 0 Å². The number of rotatable bonds is 4. The van der Waals surface area contributed by atoms with Crippen LogP contribution < -0.4 is 0 Å². The molecule has 0 aliphatic carbocycles. The van der Waals surface area contributed by atoms with Crippen molar-refractivity contribution < 1.29 is 14.3 Å². The average molecular weight is 235 g/mol. The van der Waals surface area contributed by atoms with E-state index in [0.29, 0.717) is 5.88 Å². The zero-order valence-electron chi connectivity index (χ0n) is 9.53. The van der Waals surface area contributed by atoms with E-state index in [1.165, 1.54) is 6.92 Å². The Bertz CT molecular complexity index is 220. The van der Waals surface area contributed by atoms with E-state index in [1.54, 1.807) is 0 Å². The molecule has 0 aromatic carbocycles. The van der Waals surface area contributed by atoms with Crippen molar-refractivity contribution in [3.05, 3.63) is 0 Å². The number of carbonyl (C=O) groups is 1. The highest BCUT2D eigenvalue weighted by atomic mass is 35.5. The maximum absolute atomic E-state index is 11.0. The molecule has 4 heteroatoms. The Balaban J connectivity index is 2.67. The van der Waals surface area contributed by atoms with Gasteiger partial charge in [-0.25, -0.2) is 0 Å². The second-order valence-electron chi connectivity index (χ2n) is 4.00. The van der Waals surface area contributed by atoms with Gasteiger partial charge in [-0.05, 0) is 19.8 Å². The van der Waals surface area contributed by atoms with Crippen molar-refractivity contribution in [3.8, 4) is 0 Å².